The molecule has 0 aliphatic rings. The Bertz CT molecular complexity index is 893. The van der Waals surface area contributed by atoms with Gasteiger partial charge in [-0.25, -0.2) is 4.79 Å². The Labute approximate surface area is 138 Å². The van der Waals surface area contributed by atoms with E-state index in [0.717, 1.165) is 5.56 Å². The van der Waals surface area contributed by atoms with Crippen molar-refractivity contribution >= 4 is 22.9 Å². The van der Waals surface area contributed by atoms with Crippen molar-refractivity contribution in [3.05, 3.63) is 54.3 Å². The highest BCUT2D eigenvalue weighted by molar-refractivity contribution is 6.08. The van der Waals surface area contributed by atoms with Crippen molar-refractivity contribution in [2.75, 3.05) is 6.61 Å². The molecule has 0 unspecified atom stereocenters. The molecule has 3 rings (SSSR count). The maximum absolute atomic E-state index is 12.4. The minimum absolute atomic E-state index is 0.242. The predicted octanol–water partition coefficient (Wildman–Crippen LogP) is 4.20. The number of benzene rings is 2. The van der Waals surface area contributed by atoms with Crippen molar-refractivity contribution in [3.63, 3.8) is 0 Å². The van der Waals surface area contributed by atoms with Crippen LogP contribution in [0.2, 0.25) is 0 Å². The SMILES string of the molecule is CCOC(=O)c1cc(OC(C)=O)c2ccoc2c1-c1ccccc1. The molecular weight excluding hydrogens is 308 g/mol. The zero-order valence-corrected chi connectivity index (χ0v) is 13.4. The number of carbonyl (C=O) groups excluding carboxylic acids is 2. The summed E-state index contributed by atoms with van der Waals surface area (Å²) in [6, 6.07) is 12.6. The number of rotatable bonds is 4. The quantitative estimate of drug-likeness (QED) is 0.531. The van der Waals surface area contributed by atoms with Crippen LogP contribution in [0, 0.1) is 0 Å². The molecule has 0 aliphatic carbocycles. The van der Waals surface area contributed by atoms with Crippen LogP contribution >= 0.6 is 0 Å². The lowest BCUT2D eigenvalue weighted by Gasteiger charge is -2.13. The van der Waals surface area contributed by atoms with Crippen LogP contribution in [0.15, 0.2) is 53.1 Å². The van der Waals surface area contributed by atoms with Gasteiger partial charge >= 0.3 is 11.9 Å². The number of hydrogen-bond donors (Lipinski definition) is 0. The van der Waals surface area contributed by atoms with Crippen molar-refractivity contribution in [3.8, 4) is 16.9 Å². The van der Waals surface area contributed by atoms with Gasteiger partial charge in [0.25, 0.3) is 0 Å². The van der Waals surface area contributed by atoms with Crippen molar-refractivity contribution in [2.24, 2.45) is 0 Å². The third-order valence-electron chi connectivity index (χ3n) is 3.51. The molecule has 0 aliphatic heterocycles. The maximum Gasteiger partial charge on any atom is 0.339 e. The summed E-state index contributed by atoms with van der Waals surface area (Å²) in [7, 11) is 0. The Morgan fingerprint density at radius 1 is 1.12 bits per heavy atom. The van der Waals surface area contributed by atoms with E-state index in [1.165, 1.54) is 19.3 Å². The van der Waals surface area contributed by atoms with Crippen LogP contribution in [0.3, 0.4) is 0 Å². The van der Waals surface area contributed by atoms with Crippen LogP contribution in [0.25, 0.3) is 22.1 Å². The molecule has 0 saturated heterocycles. The fourth-order valence-corrected chi connectivity index (χ4v) is 2.60. The van der Waals surface area contributed by atoms with E-state index in [1.807, 2.05) is 30.3 Å². The lowest BCUT2D eigenvalue weighted by molar-refractivity contribution is -0.131. The summed E-state index contributed by atoms with van der Waals surface area (Å²) in [5, 5.41) is 0.622. The normalized spacial score (nSPS) is 10.6. The second-order valence-electron chi connectivity index (χ2n) is 5.14. The molecule has 0 fully saturated rings. The predicted molar refractivity (Wildman–Crippen MR) is 88.9 cm³/mol. The summed E-state index contributed by atoms with van der Waals surface area (Å²) in [4.78, 5) is 23.8. The number of esters is 2. The first-order valence-electron chi connectivity index (χ1n) is 7.57. The number of hydrogen-bond acceptors (Lipinski definition) is 5. The fourth-order valence-electron chi connectivity index (χ4n) is 2.60. The van der Waals surface area contributed by atoms with Crippen LogP contribution in [0.4, 0.5) is 0 Å². The minimum atomic E-state index is -0.497. The first-order valence-corrected chi connectivity index (χ1v) is 7.57. The zero-order valence-electron chi connectivity index (χ0n) is 13.4. The number of fused-ring (bicyclic) bond motifs is 1. The van der Waals surface area contributed by atoms with Crippen LogP contribution < -0.4 is 4.74 Å². The molecule has 0 saturated carbocycles. The van der Waals surface area contributed by atoms with E-state index in [2.05, 4.69) is 0 Å². The van der Waals surface area contributed by atoms with Crippen LogP contribution in [-0.4, -0.2) is 18.5 Å². The first kappa shape index (κ1) is 15.8. The molecule has 0 N–H and O–H groups in total. The molecule has 0 radical (unpaired) electrons. The van der Waals surface area contributed by atoms with Gasteiger partial charge in [-0.05, 0) is 24.6 Å². The van der Waals surface area contributed by atoms with Crippen molar-refractivity contribution in [1.29, 1.82) is 0 Å². The lowest BCUT2D eigenvalue weighted by Crippen LogP contribution is -2.09. The van der Waals surface area contributed by atoms with Gasteiger partial charge in [0, 0.05) is 12.5 Å². The summed E-state index contributed by atoms with van der Waals surface area (Å²) in [6.07, 6.45) is 1.50. The van der Waals surface area contributed by atoms with E-state index in [1.54, 1.807) is 13.0 Å². The van der Waals surface area contributed by atoms with Crippen LogP contribution in [-0.2, 0) is 9.53 Å². The van der Waals surface area contributed by atoms with Gasteiger partial charge in [-0.3, -0.25) is 4.79 Å². The van der Waals surface area contributed by atoms with Gasteiger partial charge in [0.1, 0.15) is 11.3 Å². The molecule has 5 nitrogen and oxygen atoms in total. The Hall–Kier alpha value is -3.08. The van der Waals surface area contributed by atoms with Crippen molar-refractivity contribution in [2.45, 2.75) is 13.8 Å². The van der Waals surface area contributed by atoms with Gasteiger partial charge < -0.3 is 13.9 Å². The lowest BCUT2D eigenvalue weighted by atomic mass is 9.97. The molecule has 0 bridgehead atoms. The van der Waals surface area contributed by atoms with Gasteiger partial charge in [-0.1, -0.05) is 30.3 Å². The molecule has 5 heteroatoms. The summed E-state index contributed by atoms with van der Waals surface area (Å²) in [6.45, 7) is 3.28. The molecule has 2 aromatic carbocycles. The molecule has 0 spiro atoms. The monoisotopic (exact) mass is 324 g/mol. The Morgan fingerprint density at radius 2 is 1.88 bits per heavy atom. The van der Waals surface area contributed by atoms with Crippen LogP contribution in [0.1, 0.15) is 24.2 Å². The summed E-state index contributed by atoms with van der Waals surface area (Å²) in [5.74, 6) is -0.697. The number of carbonyl (C=O) groups is 2. The summed E-state index contributed by atoms with van der Waals surface area (Å²) < 4.78 is 16.0. The second kappa shape index (κ2) is 6.58. The smallest absolute Gasteiger partial charge is 0.339 e. The highest BCUT2D eigenvalue weighted by Crippen LogP contribution is 2.39. The number of ether oxygens (including phenoxy) is 2. The molecule has 0 atom stereocenters. The Balaban J connectivity index is 2.31. The van der Waals surface area contributed by atoms with E-state index in [-0.39, 0.29) is 12.4 Å². The molecule has 3 aromatic rings. The van der Waals surface area contributed by atoms with E-state index < -0.39 is 11.9 Å². The Morgan fingerprint density at radius 3 is 2.54 bits per heavy atom. The van der Waals surface area contributed by atoms with Gasteiger partial charge in [0.05, 0.1) is 23.8 Å². The van der Waals surface area contributed by atoms with Gasteiger partial charge in [0.15, 0.2) is 0 Å². The van der Waals surface area contributed by atoms with Gasteiger partial charge in [0.2, 0.25) is 0 Å². The van der Waals surface area contributed by atoms with Crippen molar-refractivity contribution in [1.82, 2.24) is 0 Å². The van der Waals surface area contributed by atoms with E-state index in [0.29, 0.717) is 22.1 Å². The van der Waals surface area contributed by atoms with E-state index in [9.17, 15) is 9.59 Å². The molecular formula is C19H16O5. The molecule has 122 valence electrons. The first-order chi connectivity index (χ1) is 11.6. The zero-order chi connectivity index (χ0) is 17.1. The standard InChI is InChI=1S/C19H16O5/c1-3-22-19(21)15-11-16(24-12(2)20)14-9-10-23-18(14)17(15)13-7-5-4-6-8-13/h4-11H,3H2,1-2H3. The average Bonchev–Trinajstić information content (AvgIpc) is 3.05. The van der Waals surface area contributed by atoms with Crippen molar-refractivity contribution < 1.29 is 23.5 Å². The topological polar surface area (TPSA) is 65.7 Å². The summed E-state index contributed by atoms with van der Waals surface area (Å²) >= 11 is 0. The summed E-state index contributed by atoms with van der Waals surface area (Å²) in [5.41, 5.74) is 2.20. The van der Waals surface area contributed by atoms with Crippen LogP contribution in [0.5, 0.6) is 5.75 Å². The third-order valence-corrected chi connectivity index (χ3v) is 3.51. The molecule has 24 heavy (non-hydrogen) atoms. The molecule has 1 heterocycles. The minimum Gasteiger partial charge on any atom is -0.464 e. The van der Waals surface area contributed by atoms with Gasteiger partial charge in [-0.15, -0.1) is 0 Å². The maximum atomic E-state index is 12.4. The van der Waals surface area contributed by atoms with Gasteiger partial charge in [-0.2, -0.15) is 0 Å². The molecule has 1 aromatic heterocycles. The highest BCUT2D eigenvalue weighted by atomic mass is 16.5. The molecule has 0 amide bonds. The van der Waals surface area contributed by atoms with E-state index >= 15 is 0 Å². The average molecular weight is 324 g/mol. The van der Waals surface area contributed by atoms with E-state index in [4.69, 9.17) is 13.9 Å². The third kappa shape index (κ3) is 2.88. The fraction of sp³-hybridized carbons (Fsp3) is 0.158. The highest BCUT2D eigenvalue weighted by Gasteiger charge is 2.23. The largest absolute Gasteiger partial charge is 0.464 e. The Kier molecular flexibility index (Phi) is 4.33. The number of furan rings is 1. The second-order valence-corrected chi connectivity index (χ2v) is 5.14.